The number of hydrogen-bond donors (Lipinski definition) is 1. The molecule has 9 heteroatoms. The molecule has 0 rings (SSSR count). The topological polar surface area (TPSA) is 91.3 Å². The van der Waals surface area contributed by atoms with E-state index in [1.54, 1.807) is 0 Å². The van der Waals surface area contributed by atoms with Crippen molar-refractivity contribution in [3.8, 4) is 0 Å². The number of quaternary nitrogens is 1. The lowest BCUT2D eigenvalue weighted by Gasteiger charge is -2.24. The molecule has 0 saturated carbocycles. The quantitative estimate of drug-likeness (QED) is 0.0473. The largest absolute Gasteiger partial charge is 0.472 e. The summed E-state index contributed by atoms with van der Waals surface area (Å²) in [5.41, 5.74) is 0. The molecule has 220 valence electrons. The summed E-state index contributed by atoms with van der Waals surface area (Å²) in [7, 11) is 1.61. The first-order valence-corrected chi connectivity index (χ1v) is 15.4. The summed E-state index contributed by atoms with van der Waals surface area (Å²) < 4.78 is 34.0. The maximum absolute atomic E-state index is 12.2. The molecule has 0 aliphatic heterocycles. The Kier molecular flexibility index (Phi) is 22.4. The third-order valence-corrected chi connectivity index (χ3v) is 6.14. The molecule has 0 bridgehead atoms. The highest BCUT2D eigenvalue weighted by Gasteiger charge is 2.26. The Labute approximate surface area is 231 Å². The van der Waals surface area contributed by atoms with Crippen LogP contribution in [0.3, 0.4) is 0 Å². The zero-order chi connectivity index (χ0) is 28.5. The van der Waals surface area contributed by atoms with Crippen molar-refractivity contribution in [2.75, 3.05) is 54.1 Å². The van der Waals surface area contributed by atoms with Crippen LogP contribution in [-0.4, -0.2) is 75.6 Å². The second-order valence-corrected chi connectivity index (χ2v) is 11.5. The number of nitrogens with zero attached hydrogens (tertiary/aromatic N) is 1. The van der Waals surface area contributed by atoms with E-state index >= 15 is 0 Å². The molecule has 0 spiro atoms. The van der Waals surface area contributed by atoms with Gasteiger partial charge in [0.2, 0.25) is 0 Å². The van der Waals surface area contributed by atoms with Crippen molar-refractivity contribution in [1.82, 2.24) is 0 Å². The smallest absolute Gasteiger partial charge is 0.457 e. The molecule has 0 aromatic carbocycles. The molecular weight excluding hydrogens is 505 g/mol. The Bertz CT molecular complexity index is 757. The van der Waals surface area contributed by atoms with Gasteiger partial charge in [-0.25, -0.2) is 4.57 Å². The zero-order valence-corrected chi connectivity index (χ0v) is 25.3. The Balaban J connectivity index is 4.29. The molecule has 2 unspecified atom stereocenters. The third kappa shape index (κ3) is 26.1. The second-order valence-electron chi connectivity index (χ2n) is 10.0. The minimum absolute atomic E-state index is 0.0754. The van der Waals surface area contributed by atoms with Gasteiger partial charge in [-0.3, -0.25) is 13.8 Å². The molecule has 2 atom stereocenters. The summed E-state index contributed by atoms with van der Waals surface area (Å²) in [5, 5.41) is 0. The minimum Gasteiger partial charge on any atom is -0.457 e. The van der Waals surface area contributed by atoms with E-state index in [-0.39, 0.29) is 32.2 Å². The van der Waals surface area contributed by atoms with Crippen LogP contribution >= 0.6 is 7.82 Å². The van der Waals surface area contributed by atoms with E-state index in [1.807, 2.05) is 28.1 Å². The van der Waals surface area contributed by atoms with Crippen LogP contribution in [0, 0.1) is 0 Å². The molecule has 0 heterocycles. The molecule has 0 aliphatic carbocycles. The average Bonchev–Trinajstić information content (AvgIpc) is 2.84. The fourth-order valence-electron chi connectivity index (χ4n) is 2.94. The number of allylic oxidation sites excluding steroid dienone is 8. The molecule has 0 aliphatic rings. The fourth-order valence-corrected chi connectivity index (χ4v) is 3.68. The molecule has 0 aromatic heterocycles. The number of rotatable bonds is 24. The Morgan fingerprint density at radius 3 is 2.03 bits per heavy atom. The van der Waals surface area contributed by atoms with Gasteiger partial charge in [0.25, 0.3) is 0 Å². The molecule has 0 fully saturated rings. The van der Waals surface area contributed by atoms with Crippen LogP contribution in [0.5, 0.6) is 0 Å². The van der Waals surface area contributed by atoms with Crippen LogP contribution in [0.4, 0.5) is 0 Å². The van der Waals surface area contributed by atoms with E-state index in [2.05, 4.69) is 55.5 Å². The van der Waals surface area contributed by atoms with E-state index in [4.69, 9.17) is 18.5 Å². The van der Waals surface area contributed by atoms with Crippen molar-refractivity contribution in [3.05, 3.63) is 48.6 Å². The van der Waals surface area contributed by atoms with Gasteiger partial charge in [0, 0.05) is 13.0 Å². The second kappa shape index (κ2) is 23.4. The van der Waals surface area contributed by atoms with Gasteiger partial charge in [0.1, 0.15) is 19.3 Å². The van der Waals surface area contributed by atoms with Crippen LogP contribution in [0.15, 0.2) is 48.6 Å². The van der Waals surface area contributed by atoms with Gasteiger partial charge in [-0.1, -0.05) is 68.9 Å². The normalized spacial score (nSPS) is 15.2. The van der Waals surface area contributed by atoms with E-state index in [0.29, 0.717) is 17.6 Å². The van der Waals surface area contributed by atoms with Crippen molar-refractivity contribution >= 4 is 13.8 Å². The van der Waals surface area contributed by atoms with Crippen molar-refractivity contribution < 1.29 is 37.3 Å². The number of hydrogen-bond acceptors (Lipinski definition) is 6. The standard InChI is InChI=1S/C29H52NO7P/c1-6-8-10-11-12-13-14-15-16-17-18-19-20-21-24-34-26-28(37-29(31)22-9-7-2)27-36-38(32,33)35-25-23-30(3,4)5/h8,10,12-13,15-16,18-19,28H,6-7,9,11,14,17,20-27H2,1-5H3/p+1/b10-8-,13-12-,16-15-,19-18-. The summed E-state index contributed by atoms with van der Waals surface area (Å²) in [4.78, 5) is 22.0. The number of carbonyl (C=O) groups excluding carboxylic acids is 1. The van der Waals surface area contributed by atoms with Gasteiger partial charge in [-0.15, -0.1) is 0 Å². The first-order chi connectivity index (χ1) is 18.1. The van der Waals surface area contributed by atoms with Gasteiger partial charge in [-0.2, -0.15) is 0 Å². The molecule has 0 radical (unpaired) electrons. The number of unbranched alkanes of at least 4 members (excludes halogenated alkanes) is 2. The summed E-state index contributed by atoms with van der Waals surface area (Å²) in [6, 6.07) is 0. The number of phosphoric ester groups is 1. The predicted octanol–water partition coefficient (Wildman–Crippen LogP) is 6.53. The first-order valence-electron chi connectivity index (χ1n) is 13.9. The number of esters is 1. The summed E-state index contributed by atoms with van der Waals surface area (Å²) in [6.07, 6.45) is 24.0. The lowest BCUT2D eigenvalue weighted by atomic mass is 10.2. The van der Waals surface area contributed by atoms with Crippen LogP contribution in [0.1, 0.15) is 71.6 Å². The van der Waals surface area contributed by atoms with Crippen molar-refractivity contribution in [2.24, 2.45) is 0 Å². The lowest BCUT2D eigenvalue weighted by Crippen LogP contribution is -2.37. The molecule has 0 amide bonds. The average molecular weight is 559 g/mol. The number of likely N-dealkylation sites (N-methyl/N-ethyl adjacent to an activating group) is 1. The zero-order valence-electron chi connectivity index (χ0n) is 24.4. The summed E-state index contributed by atoms with van der Waals surface area (Å²) >= 11 is 0. The van der Waals surface area contributed by atoms with Gasteiger partial charge >= 0.3 is 13.8 Å². The van der Waals surface area contributed by atoms with Gasteiger partial charge < -0.3 is 18.9 Å². The van der Waals surface area contributed by atoms with E-state index in [0.717, 1.165) is 51.4 Å². The number of carbonyl (C=O) groups is 1. The Hall–Kier alpha value is -1.54. The Morgan fingerprint density at radius 1 is 0.842 bits per heavy atom. The third-order valence-electron chi connectivity index (χ3n) is 5.15. The molecule has 0 saturated heterocycles. The molecule has 1 N–H and O–H groups in total. The highest BCUT2D eigenvalue weighted by molar-refractivity contribution is 7.47. The maximum atomic E-state index is 12.2. The van der Waals surface area contributed by atoms with Crippen molar-refractivity contribution in [2.45, 2.75) is 77.7 Å². The minimum atomic E-state index is -4.25. The molecular formula is C29H53NO7P+. The first kappa shape index (κ1) is 36.5. The van der Waals surface area contributed by atoms with Gasteiger partial charge in [0.05, 0.1) is 34.4 Å². The summed E-state index contributed by atoms with van der Waals surface area (Å²) in [5.74, 6) is -0.373. The fraction of sp³-hybridized carbons (Fsp3) is 0.690. The molecule has 0 aromatic rings. The van der Waals surface area contributed by atoms with Gasteiger partial charge in [-0.05, 0) is 44.9 Å². The van der Waals surface area contributed by atoms with Crippen molar-refractivity contribution in [1.29, 1.82) is 0 Å². The highest BCUT2D eigenvalue weighted by Crippen LogP contribution is 2.43. The monoisotopic (exact) mass is 558 g/mol. The van der Waals surface area contributed by atoms with E-state index in [9.17, 15) is 14.3 Å². The maximum Gasteiger partial charge on any atom is 0.472 e. The van der Waals surface area contributed by atoms with E-state index in [1.165, 1.54) is 0 Å². The molecule has 8 nitrogen and oxygen atoms in total. The van der Waals surface area contributed by atoms with Crippen molar-refractivity contribution in [3.63, 3.8) is 0 Å². The number of ether oxygens (including phenoxy) is 2. The van der Waals surface area contributed by atoms with Crippen LogP contribution in [0.25, 0.3) is 0 Å². The summed E-state index contributed by atoms with van der Waals surface area (Å²) in [6.45, 7) is 5.05. The van der Waals surface area contributed by atoms with Gasteiger partial charge in [0.15, 0.2) is 0 Å². The highest BCUT2D eigenvalue weighted by atomic mass is 31.2. The number of phosphoric acid groups is 1. The van der Waals surface area contributed by atoms with E-state index < -0.39 is 13.9 Å². The van der Waals surface area contributed by atoms with Crippen LogP contribution in [-0.2, 0) is 27.9 Å². The Morgan fingerprint density at radius 2 is 1.45 bits per heavy atom. The lowest BCUT2D eigenvalue weighted by molar-refractivity contribution is -0.870. The predicted molar refractivity (Wildman–Crippen MR) is 155 cm³/mol. The molecule has 38 heavy (non-hydrogen) atoms. The SMILES string of the molecule is CC/C=C\C/C=C\C/C=C\C/C=C\CCCOCC(COP(=O)(O)OCC[N+](C)(C)C)OC(=O)CCCC. The van der Waals surface area contributed by atoms with Crippen LogP contribution in [0.2, 0.25) is 0 Å². The van der Waals surface area contributed by atoms with Crippen LogP contribution < -0.4 is 0 Å².